The summed E-state index contributed by atoms with van der Waals surface area (Å²) in [6, 6.07) is -0.773. The molecule has 0 fully saturated rings. The number of hydrogen-bond donors (Lipinski definition) is 3. The average molecular weight is 159 g/mol. The third kappa shape index (κ3) is 4.95. The summed E-state index contributed by atoms with van der Waals surface area (Å²) in [7, 11) is 0. The first-order chi connectivity index (χ1) is 5.04. The lowest BCUT2D eigenvalue weighted by Gasteiger charge is -2.03. The van der Waals surface area contributed by atoms with Crippen LogP contribution in [-0.2, 0) is 9.59 Å². The van der Waals surface area contributed by atoms with Crippen LogP contribution in [0.15, 0.2) is 12.3 Å². The van der Waals surface area contributed by atoms with Gasteiger partial charge in [0.2, 0.25) is 0 Å². The number of carbonyl (C=O) groups is 2. The van der Waals surface area contributed by atoms with Crippen molar-refractivity contribution in [3.05, 3.63) is 12.3 Å². The second kappa shape index (κ2) is 4.32. The van der Waals surface area contributed by atoms with Crippen LogP contribution in [-0.4, -0.2) is 28.2 Å². The lowest BCUT2D eigenvalue weighted by atomic mass is 10.3. The molecule has 11 heavy (non-hydrogen) atoms. The van der Waals surface area contributed by atoms with Gasteiger partial charge >= 0.3 is 11.9 Å². The van der Waals surface area contributed by atoms with E-state index in [1.54, 1.807) is 0 Å². The zero-order valence-electron chi connectivity index (χ0n) is 5.94. The maximum absolute atomic E-state index is 10.1. The minimum Gasteiger partial charge on any atom is -0.480 e. The molecule has 0 saturated carbocycles. The van der Waals surface area contributed by atoms with Gasteiger partial charge in [-0.05, 0) is 6.92 Å². The van der Waals surface area contributed by atoms with Crippen LogP contribution in [0.2, 0.25) is 0 Å². The van der Waals surface area contributed by atoms with Gasteiger partial charge in [0.1, 0.15) is 6.04 Å². The number of carboxylic acid groups (broad SMARTS) is 2. The average Bonchev–Trinajstić information content (AvgIpc) is 1.86. The Hall–Kier alpha value is -1.52. The largest absolute Gasteiger partial charge is 0.480 e. The quantitative estimate of drug-likeness (QED) is 0.488. The van der Waals surface area contributed by atoms with Crippen LogP contribution in [0.3, 0.4) is 0 Å². The molecule has 0 unspecified atom stereocenters. The molecule has 5 heteroatoms. The maximum atomic E-state index is 10.1. The van der Waals surface area contributed by atoms with E-state index in [0.717, 1.165) is 12.3 Å². The molecule has 3 N–H and O–H groups in total. The van der Waals surface area contributed by atoms with Gasteiger partial charge in [0.15, 0.2) is 0 Å². The van der Waals surface area contributed by atoms with Gasteiger partial charge in [-0.3, -0.25) is 4.79 Å². The first-order valence-electron chi connectivity index (χ1n) is 2.92. The molecule has 0 aromatic heterocycles. The van der Waals surface area contributed by atoms with Crippen LogP contribution >= 0.6 is 0 Å². The van der Waals surface area contributed by atoms with Gasteiger partial charge in [-0.25, -0.2) is 4.79 Å². The van der Waals surface area contributed by atoms with Crippen molar-refractivity contribution in [1.29, 1.82) is 0 Å². The molecule has 0 spiro atoms. The van der Waals surface area contributed by atoms with Crippen molar-refractivity contribution in [2.75, 3.05) is 0 Å². The molecule has 0 aliphatic heterocycles. The Bertz CT molecular complexity index is 187. The van der Waals surface area contributed by atoms with E-state index in [1.165, 1.54) is 6.92 Å². The van der Waals surface area contributed by atoms with Crippen molar-refractivity contribution < 1.29 is 19.8 Å². The molecule has 0 saturated heterocycles. The molecular formula is C6H9NO4. The second-order valence-electron chi connectivity index (χ2n) is 1.90. The van der Waals surface area contributed by atoms with Gasteiger partial charge in [0.05, 0.1) is 0 Å². The zero-order chi connectivity index (χ0) is 8.85. The number of carboxylic acids is 2. The molecular weight excluding hydrogens is 150 g/mol. The van der Waals surface area contributed by atoms with Crippen molar-refractivity contribution in [3.63, 3.8) is 0 Å². The van der Waals surface area contributed by atoms with Gasteiger partial charge < -0.3 is 15.5 Å². The Labute approximate surface area is 63.3 Å². The van der Waals surface area contributed by atoms with Crippen molar-refractivity contribution in [1.82, 2.24) is 5.32 Å². The van der Waals surface area contributed by atoms with Crippen LogP contribution in [0.5, 0.6) is 0 Å². The standard InChI is InChI=1S/C6H9NO4/c1-4(6(10)11)7-3-2-5(8)9/h2-4,7H,1H3,(H,8,9)(H,10,11)/t4-/m0/s1. The maximum Gasteiger partial charge on any atom is 0.329 e. The highest BCUT2D eigenvalue weighted by Gasteiger charge is 2.06. The Morgan fingerprint density at radius 1 is 1.45 bits per heavy atom. The van der Waals surface area contributed by atoms with E-state index in [1.807, 2.05) is 0 Å². The zero-order valence-corrected chi connectivity index (χ0v) is 5.94. The van der Waals surface area contributed by atoms with Crippen LogP contribution in [0.4, 0.5) is 0 Å². The Kier molecular flexibility index (Phi) is 3.72. The third-order valence-corrected chi connectivity index (χ3v) is 0.943. The van der Waals surface area contributed by atoms with Gasteiger partial charge in [-0.15, -0.1) is 0 Å². The molecule has 0 heterocycles. The van der Waals surface area contributed by atoms with Crippen LogP contribution in [0.1, 0.15) is 6.92 Å². The second-order valence-corrected chi connectivity index (χ2v) is 1.90. The van der Waals surface area contributed by atoms with Gasteiger partial charge in [-0.2, -0.15) is 0 Å². The monoisotopic (exact) mass is 159 g/mol. The SMILES string of the molecule is C[C@H](NC=CC(=O)O)C(=O)O. The fraction of sp³-hybridized carbons (Fsp3) is 0.333. The molecule has 0 bridgehead atoms. The molecule has 0 aromatic carbocycles. The minimum absolute atomic E-state index is 0.773. The molecule has 0 aliphatic carbocycles. The molecule has 62 valence electrons. The molecule has 5 nitrogen and oxygen atoms in total. The highest BCUT2D eigenvalue weighted by molar-refractivity contribution is 5.79. The molecule has 0 aromatic rings. The van der Waals surface area contributed by atoms with E-state index >= 15 is 0 Å². The summed E-state index contributed by atoms with van der Waals surface area (Å²) in [6.07, 6.45) is 1.92. The summed E-state index contributed by atoms with van der Waals surface area (Å²) in [6.45, 7) is 1.41. The number of rotatable bonds is 4. The smallest absolute Gasteiger partial charge is 0.329 e. The minimum atomic E-state index is -1.12. The molecule has 0 rings (SSSR count). The van der Waals surface area contributed by atoms with E-state index in [-0.39, 0.29) is 0 Å². The van der Waals surface area contributed by atoms with E-state index in [2.05, 4.69) is 5.32 Å². The van der Waals surface area contributed by atoms with Gasteiger partial charge in [0.25, 0.3) is 0 Å². The molecule has 0 radical (unpaired) electrons. The molecule has 0 amide bonds. The van der Waals surface area contributed by atoms with Crippen molar-refractivity contribution in [2.24, 2.45) is 0 Å². The normalized spacial score (nSPS) is 12.8. The first kappa shape index (κ1) is 9.48. The lowest BCUT2D eigenvalue weighted by molar-refractivity contribution is -0.138. The van der Waals surface area contributed by atoms with Gasteiger partial charge in [0, 0.05) is 12.3 Å². The Morgan fingerprint density at radius 3 is 2.36 bits per heavy atom. The van der Waals surface area contributed by atoms with Crippen LogP contribution in [0.25, 0.3) is 0 Å². The highest BCUT2D eigenvalue weighted by Crippen LogP contribution is 1.80. The number of aliphatic carboxylic acids is 2. The van der Waals surface area contributed by atoms with E-state index in [9.17, 15) is 9.59 Å². The van der Waals surface area contributed by atoms with E-state index in [4.69, 9.17) is 10.2 Å². The van der Waals surface area contributed by atoms with Gasteiger partial charge in [-0.1, -0.05) is 0 Å². The van der Waals surface area contributed by atoms with E-state index in [0.29, 0.717) is 0 Å². The van der Waals surface area contributed by atoms with Crippen LogP contribution < -0.4 is 5.32 Å². The van der Waals surface area contributed by atoms with Crippen LogP contribution in [0, 0.1) is 0 Å². The third-order valence-electron chi connectivity index (χ3n) is 0.943. The van der Waals surface area contributed by atoms with Crippen molar-refractivity contribution in [2.45, 2.75) is 13.0 Å². The predicted octanol–water partition coefficient (Wildman–Crippen LogP) is -0.353. The Morgan fingerprint density at radius 2 is 2.00 bits per heavy atom. The number of nitrogens with one attached hydrogen (secondary N) is 1. The summed E-state index contributed by atoms with van der Waals surface area (Å²) in [5.41, 5.74) is 0. The topological polar surface area (TPSA) is 86.6 Å². The van der Waals surface area contributed by atoms with Crippen molar-refractivity contribution in [3.8, 4) is 0 Å². The molecule has 1 atom stereocenters. The number of hydrogen-bond acceptors (Lipinski definition) is 3. The first-order valence-corrected chi connectivity index (χ1v) is 2.92. The summed E-state index contributed by atoms with van der Waals surface area (Å²) in [4.78, 5) is 20.0. The summed E-state index contributed by atoms with van der Waals surface area (Å²) in [5.74, 6) is -2.14. The summed E-state index contributed by atoms with van der Waals surface area (Å²) >= 11 is 0. The lowest BCUT2D eigenvalue weighted by Crippen LogP contribution is -2.29. The Balaban J connectivity index is 3.70. The van der Waals surface area contributed by atoms with E-state index < -0.39 is 18.0 Å². The fourth-order valence-corrected chi connectivity index (χ4v) is 0.335. The van der Waals surface area contributed by atoms with Crippen molar-refractivity contribution >= 4 is 11.9 Å². The summed E-state index contributed by atoms with van der Waals surface area (Å²) < 4.78 is 0. The molecule has 0 aliphatic rings. The fourth-order valence-electron chi connectivity index (χ4n) is 0.335. The highest BCUT2D eigenvalue weighted by atomic mass is 16.4. The predicted molar refractivity (Wildman–Crippen MR) is 37.0 cm³/mol. The summed E-state index contributed by atoms with van der Waals surface area (Å²) in [5, 5.41) is 18.7.